The molecule has 0 amide bonds. The van der Waals surface area contributed by atoms with Crippen molar-refractivity contribution in [2.45, 2.75) is 26.4 Å². The first-order chi connectivity index (χ1) is 9.38. The Labute approximate surface area is 130 Å². The first kappa shape index (κ1) is 17.9. The quantitative estimate of drug-likeness (QED) is 0.575. The van der Waals surface area contributed by atoms with Gasteiger partial charge in [0.2, 0.25) is 0 Å². The molecule has 1 rings (SSSR count). The van der Waals surface area contributed by atoms with Gasteiger partial charge in [-0.05, 0) is 24.4 Å². The van der Waals surface area contributed by atoms with E-state index in [2.05, 4.69) is 15.9 Å². The van der Waals surface area contributed by atoms with Crippen LogP contribution in [0.25, 0.3) is 0 Å². The summed E-state index contributed by atoms with van der Waals surface area (Å²) in [6.45, 7) is 4.96. The molecule has 0 N–H and O–H groups in total. The van der Waals surface area contributed by atoms with Gasteiger partial charge in [0.15, 0.2) is 0 Å². The number of hydrogen-bond acceptors (Lipinski definition) is 2. The topological polar surface area (TPSA) is 9.23 Å². The maximum absolute atomic E-state index is 13.1. The summed E-state index contributed by atoms with van der Waals surface area (Å²) in [7, 11) is 0. The van der Waals surface area contributed by atoms with Crippen LogP contribution in [0.4, 0.5) is 13.2 Å². The Hall–Kier alpha value is -0.200. The van der Waals surface area contributed by atoms with Crippen molar-refractivity contribution in [1.29, 1.82) is 0 Å². The van der Waals surface area contributed by atoms with Gasteiger partial charge in [0.05, 0.1) is 18.8 Å². The minimum Gasteiger partial charge on any atom is -0.380 e. The summed E-state index contributed by atoms with van der Waals surface area (Å²) in [4.78, 5) is 1.67. The maximum atomic E-state index is 13.1. The molecule has 0 spiro atoms. The van der Waals surface area contributed by atoms with Crippen molar-refractivity contribution in [3.05, 3.63) is 33.7 Å². The van der Waals surface area contributed by atoms with Gasteiger partial charge in [0.1, 0.15) is 0 Å². The molecule has 0 bridgehead atoms. The molecule has 0 aromatic carbocycles. The molecule has 0 saturated carbocycles. The Kier molecular flexibility index (Phi) is 6.88. The molecule has 0 aliphatic carbocycles. The van der Waals surface area contributed by atoms with Crippen molar-refractivity contribution in [3.63, 3.8) is 0 Å². The second-order valence-electron chi connectivity index (χ2n) is 4.68. The second-order valence-corrected chi connectivity index (χ2v) is 6.23. The molecule has 0 radical (unpaired) electrons. The highest BCUT2D eigenvalue weighted by molar-refractivity contribution is 9.11. The zero-order chi connectivity index (χ0) is 15.2. The van der Waals surface area contributed by atoms with Crippen LogP contribution in [0.15, 0.2) is 33.7 Å². The number of rotatable bonds is 6. The van der Waals surface area contributed by atoms with Gasteiger partial charge in [-0.2, -0.15) is 13.2 Å². The summed E-state index contributed by atoms with van der Waals surface area (Å²) in [6.07, 6.45) is 0.525. The van der Waals surface area contributed by atoms with Gasteiger partial charge in [-0.3, -0.25) is 0 Å². The minimum absolute atomic E-state index is 0.0287. The molecule has 0 aromatic heterocycles. The summed E-state index contributed by atoms with van der Waals surface area (Å²) >= 11 is 4.24. The fraction of sp³-hybridized carbons (Fsp3) is 0.571. The zero-order valence-electron chi connectivity index (χ0n) is 11.5. The van der Waals surface area contributed by atoms with E-state index in [4.69, 9.17) is 4.74 Å². The highest BCUT2D eigenvalue weighted by atomic mass is 79.9. The lowest BCUT2D eigenvalue weighted by molar-refractivity contribution is -0.0995. The highest BCUT2D eigenvalue weighted by Crippen LogP contribution is 2.42. The Morgan fingerprint density at radius 1 is 1.40 bits per heavy atom. The summed E-state index contributed by atoms with van der Waals surface area (Å²) in [5.74, 6) is 0.647. The second kappa shape index (κ2) is 7.71. The largest absolute Gasteiger partial charge is 0.417 e. The number of thioether (sulfide) groups is 1. The van der Waals surface area contributed by atoms with Crippen LogP contribution in [0.1, 0.15) is 20.3 Å². The number of ether oxygens (including phenoxy) is 1. The van der Waals surface area contributed by atoms with E-state index in [9.17, 15) is 13.2 Å². The van der Waals surface area contributed by atoms with Crippen molar-refractivity contribution in [1.82, 2.24) is 0 Å². The van der Waals surface area contributed by atoms with E-state index in [1.807, 2.05) is 6.92 Å². The fourth-order valence-corrected chi connectivity index (χ4v) is 3.27. The van der Waals surface area contributed by atoms with E-state index in [0.29, 0.717) is 19.0 Å². The van der Waals surface area contributed by atoms with Crippen LogP contribution in [-0.4, -0.2) is 25.1 Å². The van der Waals surface area contributed by atoms with E-state index in [-0.39, 0.29) is 10.3 Å². The number of halogens is 4. The molecule has 20 heavy (non-hydrogen) atoms. The van der Waals surface area contributed by atoms with Crippen molar-refractivity contribution < 1.29 is 17.9 Å². The summed E-state index contributed by atoms with van der Waals surface area (Å²) < 4.78 is 44.4. The Balaban J connectivity index is 2.82. The van der Waals surface area contributed by atoms with Crippen LogP contribution in [0.5, 0.6) is 0 Å². The first-order valence-corrected chi connectivity index (χ1v) is 8.20. The average Bonchev–Trinajstić information content (AvgIpc) is 2.34. The fourth-order valence-electron chi connectivity index (χ4n) is 1.78. The van der Waals surface area contributed by atoms with Crippen LogP contribution in [-0.2, 0) is 4.74 Å². The van der Waals surface area contributed by atoms with E-state index in [0.717, 1.165) is 12.5 Å². The molecule has 1 saturated heterocycles. The standard InChI is InChI=1S/C14H18BrF3OS/c1-3-12(11(6-5-7-15)14(16,17)18)20-10-13(4-2)8-19-9-13/h3,5-7H,4,8-10H2,1-2H3/b7-5+,11-6+,12-3+. The number of hydrogen-bond donors (Lipinski definition) is 0. The van der Waals surface area contributed by atoms with Gasteiger partial charge in [-0.25, -0.2) is 0 Å². The van der Waals surface area contributed by atoms with E-state index in [1.54, 1.807) is 6.92 Å². The van der Waals surface area contributed by atoms with Gasteiger partial charge in [-0.1, -0.05) is 35.0 Å². The van der Waals surface area contributed by atoms with Crippen LogP contribution in [0.3, 0.4) is 0 Å². The summed E-state index contributed by atoms with van der Waals surface area (Å²) in [5, 5.41) is 0. The van der Waals surface area contributed by atoms with Gasteiger partial charge in [-0.15, -0.1) is 11.8 Å². The van der Waals surface area contributed by atoms with Gasteiger partial charge < -0.3 is 4.74 Å². The molecule has 1 heterocycles. The third-order valence-electron chi connectivity index (χ3n) is 3.27. The number of allylic oxidation sites excluding steroid dienone is 4. The van der Waals surface area contributed by atoms with Gasteiger partial charge >= 0.3 is 6.18 Å². The monoisotopic (exact) mass is 370 g/mol. The lowest BCUT2D eigenvalue weighted by Crippen LogP contribution is -2.44. The lowest BCUT2D eigenvalue weighted by atomic mass is 9.86. The van der Waals surface area contributed by atoms with Gasteiger partial charge in [0.25, 0.3) is 0 Å². The SMILES string of the molecule is C\C=C(SCC1(CC)COC1)/C(=C\C=C\Br)C(F)(F)F. The molecule has 1 nitrogen and oxygen atoms in total. The predicted molar refractivity (Wildman–Crippen MR) is 82.0 cm³/mol. The number of alkyl halides is 3. The van der Waals surface area contributed by atoms with Crippen molar-refractivity contribution in [3.8, 4) is 0 Å². The predicted octanol–water partition coefficient (Wildman–Crippen LogP) is 5.45. The van der Waals surface area contributed by atoms with Crippen molar-refractivity contribution >= 4 is 27.7 Å². The molecular weight excluding hydrogens is 353 g/mol. The van der Waals surface area contributed by atoms with E-state index in [1.165, 1.54) is 28.9 Å². The summed E-state index contributed by atoms with van der Waals surface area (Å²) in [5.41, 5.74) is -0.576. The van der Waals surface area contributed by atoms with Crippen LogP contribution >= 0.6 is 27.7 Å². The molecule has 0 aromatic rings. The molecule has 6 heteroatoms. The third kappa shape index (κ3) is 4.67. The smallest absolute Gasteiger partial charge is 0.380 e. The van der Waals surface area contributed by atoms with Gasteiger partial charge in [0, 0.05) is 16.1 Å². The molecule has 1 aliphatic heterocycles. The van der Waals surface area contributed by atoms with Crippen LogP contribution < -0.4 is 0 Å². The van der Waals surface area contributed by atoms with Crippen molar-refractivity contribution in [2.24, 2.45) is 5.41 Å². The van der Waals surface area contributed by atoms with Crippen molar-refractivity contribution in [2.75, 3.05) is 19.0 Å². The minimum atomic E-state index is -4.35. The van der Waals surface area contributed by atoms with E-state index >= 15 is 0 Å². The molecule has 1 fully saturated rings. The Morgan fingerprint density at radius 3 is 2.40 bits per heavy atom. The van der Waals surface area contributed by atoms with Crippen LogP contribution in [0, 0.1) is 5.41 Å². The average molecular weight is 371 g/mol. The molecular formula is C14H18BrF3OS. The summed E-state index contributed by atoms with van der Waals surface area (Å²) in [6, 6.07) is 0. The highest BCUT2D eigenvalue weighted by Gasteiger charge is 2.39. The molecule has 0 unspecified atom stereocenters. The molecule has 0 atom stereocenters. The maximum Gasteiger partial charge on any atom is 0.417 e. The molecule has 114 valence electrons. The van der Waals surface area contributed by atoms with Crippen LogP contribution in [0.2, 0.25) is 0 Å². The lowest BCUT2D eigenvalue weighted by Gasteiger charge is -2.40. The van der Waals surface area contributed by atoms with E-state index < -0.39 is 11.7 Å². The zero-order valence-corrected chi connectivity index (χ0v) is 13.9. The molecule has 1 aliphatic rings. The normalized spacial score (nSPS) is 20.3. The third-order valence-corrected chi connectivity index (χ3v) is 5.10. The first-order valence-electron chi connectivity index (χ1n) is 6.30. The Morgan fingerprint density at radius 2 is 2.05 bits per heavy atom. The Bertz CT molecular complexity index is 404.